The van der Waals surface area contributed by atoms with Gasteiger partial charge in [-0.3, -0.25) is 4.79 Å². The zero-order valence-electron chi connectivity index (χ0n) is 8.31. The summed E-state index contributed by atoms with van der Waals surface area (Å²) >= 11 is 4.90. The van der Waals surface area contributed by atoms with Gasteiger partial charge in [0.05, 0.1) is 0 Å². The third kappa shape index (κ3) is 3.21. The Bertz CT molecular complexity index is 524. The molecule has 16 heavy (non-hydrogen) atoms. The van der Waals surface area contributed by atoms with Gasteiger partial charge < -0.3 is 4.98 Å². The summed E-state index contributed by atoms with van der Waals surface area (Å²) in [5.74, 6) is 0.792. The van der Waals surface area contributed by atoms with Crippen molar-refractivity contribution in [3.63, 3.8) is 0 Å². The molecule has 82 valence electrons. The van der Waals surface area contributed by atoms with Crippen molar-refractivity contribution in [3.05, 3.63) is 56.9 Å². The van der Waals surface area contributed by atoms with Crippen LogP contribution in [0.25, 0.3) is 0 Å². The van der Waals surface area contributed by atoms with Crippen LogP contribution in [0.5, 0.6) is 0 Å². The predicted octanol–water partition coefficient (Wildman–Crippen LogP) is 2.82. The number of nitrogens with one attached hydrogen (secondary N) is 1. The Morgan fingerprint density at radius 3 is 2.69 bits per heavy atom. The van der Waals surface area contributed by atoms with Crippen molar-refractivity contribution in [1.29, 1.82) is 0 Å². The molecule has 0 saturated carbocycles. The molecule has 3 nitrogen and oxygen atoms in total. The molecular weight excluding hydrogens is 288 g/mol. The van der Waals surface area contributed by atoms with E-state index in [2.05, 4.69) is 25.9 Å². The van der Waals surface area contributed by atoms with E-state index in [1.165, 1.54) is 29.6 Å². The first kappa shape index (κ1) is 11.4. The maximum atomic E-state index is 11.0. The minimum Gasteiger partial charge on any atom is -0.301 e. The number of aromatic nitrogens is 2. The summed E-state index contributed by atoms with van der Waals surface area (Å²) in [5, 5.41) is 0.649. The Morgan fingerprint density at radius 1 is 1.25 bits per heavy atom. The van der Waals surface area contributed by atoms with Crippen LogP contribution in [-0.2, 0) is 5.75 Å². The second-order valence-corrected chi connectivity index (χ2v) is 5.03. The fourth-order valence-corrected chi connectivity index (χ4v) is 2.23. The molecule has 0 aliphatic carbocycles. The van der Waals surface area contributed by atoms with Gasteiger partial charge in [0, 0.05) is 22.5 Å². The molecule has 0 atom stereocenters. The molecule has 5 heteroatoms. The summed E-state index contributed by atoms with van der Waals surface area (Å²) < 4.78 is 1.06. The lowest BCUT2D eigenvalue weighted by atomic mass is 10.2. The topological polar surface area (TPSA) is 45.8 Å². The van der Waals surface area contributed by atoms with Crippen LogP contribution in [0.2, 0.25) is 0 Å². The minimum atomic E-state index is -0.117. The van der Waals surface area contributed by atoms with Crippen molar-refractivity contribution >= 4 is 27.7 Å². The summed E-state index contributed by atoms with van der Waals surface area (Å²) in [6, 6.07) is 9.48. The van der Waals surface area contributed by atoms with Gasteiger partial charge in [0.1, 0.15) is 0 Å². The standard InChI is InChI=1S/C11H9BrN2OS/c12-9-3-1-8(2-4-9)7-16-11-13-6-5-10(15)14-11/h1-6H,7H2,(H,13,14,15). The smallest absolute Gasteiger partial charge is 0.251 e. The quantitative estimate of drug-likeness (QED) is 0.700. The molecule has 0 unspecified atom stereocenters. The van der Waals surface area contributed by atoms with Gasteiger partial charge in [-0.25, -0.2) is 4.98 Å². The number of hydrogen-bond acceptors (Lipinski definition) is 3. The second kappa shape index (κ2) is 5.32. The number of H-pyrrole nitrogens is 1. The van der Waals surface area contributed by atoms with Crippen LogP contribution in [0, 0.1) is 0 Å². The summed E-state index contributed by atoms with van der Waals surface area (Å²) in [5.41, 5.74) is 1.08. The molecule has 1 heterocycles. The van der Waals surface area contributed by atoms with Crippen LogP contribution in [-0.4, -0.2) is 9.97 Å². The fourth-order valence-electron chi connectivity index (χ4n) is 1.16. The van der Waals surface area contributed by atoms with E-state index in [0.717, 1.165) is 10.2 Å². The van der Waals surface area contributed by atoms with E-state index in [0.29, 0.717) is 5.16 Å². The zero-order valence-corrected chi connectivity index (χ0v) is 10.7. The van der Waals surface area contributed by atoms with E-state index < -0.39 is 0 Å². The molecule has 0 bridgehead atoms. The summed E-state index contributed by atoms with van der Waals surface area (Å²) in [6.45, 7) is 0. The lowest BCUT2D eigenvalue weighted by Crippen LogP contribution is -2.05. The highest BCUT2D eigenvalue weighted by Gasteiger charge is 1.98. The molecule has 0 aliphatic heterocycles. The average molecular weight is 297 g/mol. The lowest BCUT2D eigenvalue weighted by molar-refractivity contribution is 0.936. The molecule has 2 rings (SSSR count). The number of halogens is 1. The van der Waals surface area contributed by atoms with Crippen LogP contribution in [0.3, 0.4) is 0 Å². The molecule has 0 radical (unpaired) electrons. The number of nitrogens with zero attached hydrogens (tertiary/aromatic N) is 1. The van der Waals surface area contributed by atoms with E-state index >= 15 is 0 Å². The predicted molar refractivity (Wildman–Crippen MR) is 68.6 cm³/mol. The van der Waals surface area contributed by atoms with Gasteiger partial charge in [-0.1, -0.05) is 39.8 Å². The van der Waals surface area contributed by atoms with Crippen molar-refractivity contribution in [1.82, 2.24) is 9.97 Å². The third-order valence-electron chi connectivity index (χ3n) is 1.94. The van der Waals surface area contributed by atoms with Crippen LogP contribution in [0.4, 0.5) is 0 Å². The Balaban J connectivity index is 2.02. The van der Waals surface area contributed by atoms with Gasteiger partial charge in [-0.2, -0.15) is 0 Å². The maximum Gasteiger partial charge on any atom is 0.251 e. The molecule has 0 aliphatic rings. The van der Waals surface area contributed by atoms with Crippen LogP contribution in [0.1, 0.15) is 5.56 Å². The highest BCUT2D eigenvalue weighted by molar-refractivity contribution is 9.10. The molecule has 1 aromatic carbocycles. The average Bonchev–Trinajstić information content (AvgIpc) is 2.28. The number of rotatable bonds is 3. The lowest BCUT2D eigenvalue weighted by Gasteiger charge is -2.00. The van der Waals surface area contributed by atoms with Crippen LogP contribution >= 0.6 is 27.7 Å². The highest BCUT2D eigenvalue weighted by atomic mass is 79.9. The van der Waals surface area contributed by atoms with E-state index in [4.69, 9.17) is 0 Å². The van der Waals surface area contributed by atoms with Crippen molar-refractivity contribution in [2.24, 2.45) is 0 Å². The Morgan fingerprint density at radius 2 is 2.00 bits per heavy atom. The molecule has 0 amide bonds. The van der Waals surface area contributed by atoms with Crippen molar-refractivity contribution in [3.8, 4) is 0 Å². The van der Waals surface area contributed by atoms with E-state index in [9.17, 15) is 4.79 Å². The van der Waals surface area contributed by atoms with Crippen molar-refractivity contribution in [2.75, 3.05) is 0 Å². The van der Waals surface area contributed by atoms with E-state index in [1.54, 1.807) is 0 Å². The minimum absolute atomic E-state index is 0.117. The van der Waals surface area contributed by atoms with Crippen LogP contribution in [0.15, 0.2) is 51.0 Å². The highest BCUT2D eigenvalue weighted by Crippen LogP contribution is 2.19. The molecule has 1 aromatic heterocycles. The van der Waals surface area contributed by atoms with Crippen molar-refractivity contribution in [2.45, 2.75) is 10.9 Å². The Hall–Kier alpha value is -1.07. The largest absolute Gasteiger partial charge is 0.301 e. The van der Waals surface area contributed by atoms with Crippen LogP contribution < -0.4 is 5.56 Å². The summed E-state index contributed by atoms with van der Waals surface area (Å²) in [6.07, 6.45) is 1.52. The first-order valence-corrected chi connectivity index (χ1v) is 6.44. The normalized spacial score (nSPS) is 10.3. The van der Waals surface area contributed by atoms with Gasteiger partial charge in [0.15, 0.2) is 5.16 Å². The van der Waals surface area contributed by atoms with Gasteiger partial charge in [-0.05, 0) is 17.7 Å². The van der Waals surface area contributed by atoms with Gasteiger partial charge >= 0.3 is 0 Å². The summed E-state index contributed by atoms with van der Waals surface area (Å²) in [4.78, 5) is 17.8. The first-order valence-electron chi connectivity index (χ1n) is 4.66. The molecule has 0 saturated heterocycles. The van der Waals surface area contributed by atoms with Crippen molar-refractivity contribution < 1.29 is 0 Å². The SMILES string of the molecule is O=c1ccnc(SCc2ccc(Br)cc2)[nH]1. The first-order chi connectivity index (χ1) is 7.74. The second-order valence-electron chi connectivity index (χ2n) is 3.15. The molecule has 0 fully saturated rings. The monoisotopic (exact) mass is 296 g/mol. The zero-order chi connectivity index (χ0) is 11.4. The van der Waals surface area contributed by atoms with Gasteiger partial charge in [0.2, 0.25) is 0 Å². The fraction of sp³-hybridized carbons (Fsp3) is 0.0909. The van der Waals surface area contributed by atoms with Gasteiger partial charge in [0.25, 0.3) is 5.56 Å². The third-order valence-corrected chi connectivity index (χ3v) is 3.42. The molecule has 2 aromatic rings. The van der Waals surface area contributed by atoms with Gasteiger partial charge in [-0.15, -0.1) is 0 Å². The number of hydrogen-bond donors (Lipinski definition) is 1. The molecule has 1 N–H and O–H groups in total. The Kier molecular flexibility index (Phi) is 3.79. The molecular formula is C11H9BrN2OS. The summed E-state index contributed by atoms with van der Waals surface area (Å²) in [7, 11) is 0. The number of aromatic amines is 1. The van der Waals surface area contributed by atoms with E-state index in [-0.39, 0.29) is 5.56 Å². The van der Waals surface area contributed by atoms with E-state index in [1.807, 2.05) is 24.3 Å². The number of benzene rings is 1. The molecule has 0 spiro atoms. The maximum absolute atomic E-state index is 11.0. The Labute approximate surface area is 105 Å². The number of thioether (sulfide) groups is 1.